The summed E-state index contributed by atoms with van der Waals surface area (Å²) in [6, 6.07) is 2.55. The van der Waals surface area contributed by atoms with Crippen LogP contribution in [0.5, 0.6) is 0 Å². The molecule has 0 saturated carbocycles. The predicted molar refractivity (Wildman–Crippen MR) is 31.1 cm³/mol. The molecule has 1 heterocycles. The third-order valence-electron chi connectivity index (χ3n) is 0.927. The van der Waals surface area contributed by atoms with Gasteiger partial charge in [0.1, 0.15) is 0 Å². The van der Waals surface area contributed by atoms with Crippen molar-refractivity contribution in [2.24, 2.45) is 0 Å². The van der Waals surface area contributed by atoms with Crippen LogP contribution in [0.25, 0.3) is 0 Å². The van der Waals surface area contributed by atoms with Gasteiger partial charge in [0, 0.05) is 6.07 Å². The molecule has 1 aromatic rings. The molecule has 1 rings (SSSR count). The van der Waals surface area contributed by atoms with Gasteiger partial charge in [-0.25, -0.2) is 10.3 Å². The average molecular weight is 143 g/mol. The van der Waals surface area contributed by atoms with Gasteiger partial charge < -0.3 is 9.52 Å². The van der Waals surface area contributed by atoms with Crippen molar-refractivity contribution in [1.82, 2.24) is 0 Å². The Morgan fingerprint density at radius 2 is 2.30 bits per heavy atom. The number of rotatable bonds is 2. The second-order valence-corrected chi connectivity index (χ2v) is 1.58. The lowest BCUT2D eigenvalue weighted by Gasteiger charge is -1.87. The first-order valence-corrected chi connectivity index (χ1v) is 2.47. The largest absolute Gasteiger partial charge is 0.475 e. The minimum atomic E-state index is -1.17. The van der Waals surface area contributed by atoms with E-state index in [0.717, 1.165) is 0 Å². The van der Waals surface area contributed by atoms with E-state index in [1.807, 2.05) is 0 Å². The van der Waals surface area contributed by atoms with Gasteiger partial charge in [-0.15, -0.1) is 0 Å². The Labute approximate surface area is 55.8 Å². The fourth-order valence-electron chi connectivity index (χ4n) is 0.513. The number of carboxylic acids is 1. The highest BCUT2D eigenvalue weighted by atomic mass is 16.5. The smallest absolute Gasteiger partial charge is 0.371 e. The summed E-state index contributed by atoms with van der Waals surface area (Å²) in [6.45, 7) is 0. The second-order valence-electron chi connectivity index (χ2n) is 1.58. The first-order valence-electron chi connectivity index (χ1n) is 2.47. The molecule has 0 aromatic carbocycles. The van der Waals surface area contributed by atoms with E-state index in [9.17, 15) is 4.79 Å². The summed E-state index contributed by atoms with van der Waals surface area (Å²) in [7, 11) is 0. The molecule has 0 spiro atoms. The number of anilines is 1. The van der Waals surface area contributed by atoms with Crippen LogP contribution >= 0.6 is 0 Å². The van der Waals surface area contributed by atoms with Crippen LogP contribution in [0.1, 0.15) is 10.6 Å². The minimum Gasteiger partial charge on any atom is -0.475 e. The van der Waals surface area contributed by atoms with Crippen LogP contribution in [-0.4, -0.2) is 16.3 Å². The van der Waals surface area contributed by atoms with Crippen molar-refractivity contribution in [2.75, 3.05) is 5.48 Å². The van der Waals surface area contributed by atoms with E-state index in [0.29, 0.717) is 0 Å². The molecule has 5 nitrogen and oxygen atoms in total. The molecule has 0 aliphatic carbocycles. The fraction of sp³-hybridized carbons (Fsp3) is 0. The fourth-order valence-corrected chi connectivity index (χ4v) is 0.513. The molecule has 0 saturated heterocycles. The summed E-state index contributed by atoms with van der Waals surface area (Å²) >= 11 is 0. The molecular weight excluding hydrogens is 138 g/mol. The standard InChI is InChI=1S/C5H5NO4/c7-5(8)3-1-2-4(6-9)10-3/h1-2,6,9H,(H,7,8). The number of carboxylic acid groups (broad SMARTS) is 1. The molecule has 3 N–H and O–H groups in total. The Morgan fingerprint density at radius 1 is 1.60 bits per heavy atom. The van der Waals surface area contributed by atoms with Crippen molar-refractivity contribution >= 4 is 11.9 Å². The SMILES string of the molecule is O=C(O)c1ccc(NO)o1. The summed E-state index contributed by atoms with van der Waals surface area (Å²) in [4.78, 5) is 10.1. The first kappa shape index (κ1) is 6.63. The zero-order valence-corrected chi connectivity index (χ0v) is 4.87. The molecule has 1 aromatic heterocycles. The van der Waals surface area contributed by atoms with E-state index in [1.54, 1.807) is 5.48 Å². The molecule has 10 heavy (non-hydrogen) atoms. The van der Waals surface area contributed by atoms with Crippen molar-refractivity contribution in [3.8, 4) is 0 Å². The number of carbonyl (C=O) groups is 1. The predicted octanol–water partition coefficient (Wildman–Crippen LogP) is 0.779. The van der Waals surface area contributed by atoms with Crippen LogP contribution in [0.2, 0.25) is 0 Å². The van der Waals surface area contributed by atoms with Gasteiger partial charge in [0.05, 0.1) is 0 Å². The molecular formula is C5H5NO4. The first-order chi connectivity index (χ1) is 4.74. The van der Waals surface area contributed by atoms with E-state index in [-0.39, 0.29) is 11.6 Å². The second kappa shape index (κ2) is 2.40. The molecule has 0 fully saturated rings. The maximum absolute atomic E-state index is 10.1. The van der Waals surface area contributed by atoms with Crippen molar-refractivity contribution in [3.05, 3.63) is 17.9 Å². The van der Waals surface area contributed by atoms with Crippen LogP contribution in [-0.2, 0) is 0 Å². The van der Waals surface area contributed by atoms with E-state index in [1.165, 1.54) is 12.1 Å². The van der Waals surface area contributed by atoms with Crippen molar-refractivity contribution in [3.63, 3.8) is 0 Å². The Hall–Kier alpha value is -1.49. The Bertz CT molecular complexity index is 242. The van der Waals surface area contributed by atoms with E-state index in [2.05, 4.69) is 4.42 Å². The lowest BCUT2D eigenvalue weighted by Crippen LogP contribution is -1.92. The highest BCUT2D eigenvalue weighted by Crippen LogP contribution is 2.11. The lowest BCUT2D eigenvalue weighted by molar-refractivity contribution is 0.0663. The van der Waals surface area contributed by atoms with E-state index >= 15 is 0 Å². The summed E-state index contributed by atoms with van der Waals surface area (Å²) in [5.74, 6) is -1.37. The highest BCUT2D eigenvalue weighted by molar-refractivity contribution is 5.84. The van der Waals surface area contributed by atoms with Gasteiger partial charge >= 0.3 is 5.97 Å². The Kier molecular flexibility index (Phi) is 1.59. The van der Waals surface area contributed by atoms with Gasteiger partial charge in [0.2, 0.25) is 11.6 Å². The molecule has 0 aliphatic rings. The van der Waals surface area contributed by atoms with Crippen molar-refractivity contribution in [1.29, 1.82) is 0 Å². The minimum absolute atomic E-state index is 0.0115. The van der Waals surface area contributed by atoms with Gasteiger partial charge in [-0.05, 0) is 6.07 Å². The maximum Gasteiger partial charge on any atom is 0.371 e. The number of hydrogen-bond donors (Lipinski definition) is 3. The third kappa shape index (κ3) is 1.08. The van der Waals surface area contributed by atoms with Gasteiger partial charge in [-0.2, -0.15) is 0 Å². The number of furan rings is 1. The lowest BCUT2D eigenvalue weighted by atomic mass is 10.5. The average Bonchev–Trinajstić information content (AvgIpc) is 2.34. The maximum atomic E-state index is 10.1. The van der Waals surface area contributed by atoms with Crippen LogP contribution < -0.4 is 5.48 Å². The molecule has 0 aliphatic heterocycles. The Morgan fingerprint density at radius 3 is 2.60 bits per heavy atom. The van der Waals surface area contributed by atoms with Crippen molar-refractivity contribution < 1.29 is 19.5 Å². The topological polar surface area (TPSA) is 82.7 Å². The number of aromatic carboxylic acids is 1. The molecule has 0 radical (unpaired) electrons. The summed E-state index contributed by atoms with van der Waals surface area (Å²) in [6.07, 6.45) is 0. The zero-order valence-electron chi connectivity index (χ0n) is 4.87. The van der Waals surface area contributed by atoms with Crippen LogP contribution in [0.4, 0.5) is 5.88 Å². The monoisotopic (exact) mass is 143 g/mol. The normalized spacial score (nSPS) is 9.30. The van der Waals surface area contributed by atoms with Crippen molar-refractivity contribution in [2.45, 2.75) is 0 Å². The van der Waals surface area contributed by atoms with Crippen LogP contribution in [0.15, 0.2) is 16.5 Å². The molecule has 0 atom stereocenters. The van der Waals surface area contributed by atoms with Gasteiger partial charge in [0.25, 0.3) is 0 Å². The zero-order chi connectivity index (χ0) is 7.56. The van der Waals surface area contributed by atoms with Gasteiger partial charge in [-0.3, -0.25) is 5.21 Å². The number of hydrogen-bond acceptors (Lipinski definition) is 4. The molecule has 0 amide bonds. The molecule has 54 valence electrons. The van der Waals surface area contributed by atoms with Gasteiger partial charge in [0.15, 0.2) is 0 Å². The van der Waals surface area contributed by atoms with Gasteiger partial charge in [-0.1, -0.05) is 0 Å². The Balaban J connectivity index is 2.88. The summed E-state index contributed by atoms with van der Waals surface area (Å²) in [5, 5.41) is 16.5. The molecule has 0 bridgehead atoms. The quantitative estimate of drug-likeness (QED) is 0.533. The summed E-state index contributed by atoms with van der Waals surface area (Å²) < 4.78 is 4.53. The van der Waals surface area contributed by atoms with E-state index in [4.69, 9.17) is 10.3 Å². The van der Waals surface area contributed by atoms with E-state index < -0.39 is 5.97 Å². The third-order valence-corrected chi connectivity index (χ3v) is 0.927. The molecule has 0 unspecified atom stereocenters. The van der Waals surface area contributed by atoms with Crippen LogP contribution in [0, 0.1) is 0 Å². The summed E-state index contributed by atoms with van der Waals surface area (Å²) in [5.41, 5.74) is 1.67. The molecule has 5 heteroatoms. The number of nitrogens with one attached hydrogen (secondary N) is 1. The van der Waals surface area contributed by atoms with Crippen LogP contribution in [0.3, 0.4) is 0 Å². The highest BCUT2D eigenvalue weighted by Gasteiger charge is 2.07.